The highest BCUT2D eigenvalue weighted by atomic mass is 32.1. The molecule has 2 heterocycles. The van der Waals surface area contributed by atoms with Crippen molar-refractivity contribution in [2.24, 2.45) is 0 Å². The van der Waals surface area contributed by atoms with E-state index in [1.54, 1.807) is 11.3 Å². The van der Waals surface area contributed by atoms with E-state index >= 15 is 0 Å². The van der Waals surface area contributed by atoms with Gasteiger partial charge in [-0.15, -0.1) is 16.4 Å². The third kappa shape index (κ3) is 1.42. The molecule has 14 heavy (non-hydrogen) atoms. The Bertz CT molecular complexity index is 449. The molecule has 2 rings (SSSR count). The first-order valence-electron chi connectivity index (χ1n) is 4.39. The van der Waals surface area contributed by atoms with Crippen molar-refractivity contribution in [2.75, 3.05) is 0 Å². The quantitative estimate of drug-likeness (QED) is 0.718. The third-order valence-electron chi connectivity index (χ3n) is 2.44. The number of aryl methyl sites for hydroxylation is 1. The smallest absolute Gasteiger partial charge is 0.115 e. The van der Waals surface area contributed by atoms with Crippen LogP contribution in [0.5, 0.6) is 0 Å². The molecule has 0 unspecified atom stereocenters. The van der Waals surface area contributed by atoms with E-state index < -0.39 is 0 Å². The number of rotatable bonds is 1. The monoisotopic (exact) mass is 205 g/mol. The van der Waals surface area contributed by atoms with Crippen LogP contribution in [0, 0.1) is 20.8 Å². The van der Waals surface area contributed by atoms with Gasteiger partial charge in [0.2, 0.25) is 0 Å². The van der Waals surface area contributed by atoms with Crippen LogP contribution in [0.1, 0.15) is 16.8 Å². The summed E-state index contributed by atoms with van der Waals surface area (Å²) in [6, 6.07) is 0. The number of aromatic nitrogens is 3. The average molecular weight is 205 g/mol. The zero-order chi connectivity index (χ0) is 10.1. The molecular weight excluding hydrogens is 194 g/mol. The molecule has 0 aliphatic rings. The Balaban J connectivity index is 2.61. The lowest BCUT2D eigenvalue weighted by molar-refractivity contribution is 0.948. The number of hydrogen-bond donors (Lipinski definition) is 0. The molecule has 4 heteroatoms. The van der Waals surface area contributed by atoms with Crippen LogP contribution < -0.4 is 0 Å². The Labute approximate surface area is 86.9 Å². The molecule has 0 amide bonds. The van der Waals surface area contributed by atoms with Crippen molar-refractivity contribution in [1.29, 1.82) is 0 Å². The summed E-state index contributed by atoms with van der Waals surface area (Å²) in [5.74, 6) is 0. The SMILES string of the molecule is Cc1nnc(-c2cscn2)c(C)c1C. The summed E-state index contributed by atoms with van der Waals surface area (Å²) in [4.78, 5) is 4.23. The van der Waals surface area contributed by atoms with Gasteiger partial charge in [0.25, 0.3) is 0 Å². The summed E-state index contributed by atoms with van der Waals surface area (Å²) in [5, 5.41) is 10.3. The molecule has 0 bridgehead atoms. The maximum Gasteiger partial charge on any atom is 0.115 e. The zero-order valence-corrected chi connectivity index (χ0v) is 9.22. The predicted octanol–water partition coefficient (Wildman–Crippen LogP) is 2.53. The molecule has 0 fully saturated rings. The molecule has 2 aromatic heterocycles. The van der Waals surface area contributed by atoms with Crippen molar-refractivity contribution in [1.82, 2.24) is 15.2 Å². The summed E-state index contributed by atoms with van der Waals surface area (Å²) in [6.45, 7) is 6.10. The van der Waals surface area contributed by atoms with E-state index in [0.717, 1.165) is 17.1 Å². The van der Waals surface area contributed by atoms with Gasteiger partial charge in [-0.05, 0) is 31.9 Å². The summed E-state index contributed by atoms with van der Waals surface area (Å²) in [7, 11) is 0. The molecular formula is C10H11N3S. The number of thiazole rings is 1. The van der Waals surface area contributed by atoms with Crippen LogP contribution >= 0.6 is 11.3 Å². The summed E-state index contributed by atoms with van der Waals surface area (Å²) in [5.41, 5.74) is 6.98. The van der Waals surface area contributed by atoms with Gasteiger partial charge in [0.15, 0.2) is 0 Å². The summed E-state index contributed by atoms with van der Waals surface area (Å²) in [6.07, 6.45) is 0. The first kappa shape index (κ1) is 9.27. The highest BCUT2D eigenvalue weighted by Crippen LogP contribution is 2.22. The molecule has 0 aliphatic heterocycles. The van der Waals surface area contributed by atoms with Crippen LogP contribution in [0.3, 0.4) is 0 Å². The van der Waals surface area contributed by atoms with E-state index in [1.165, 1.54) is 11.1 Å². The van der Waals surface area contributed by atoms with E-state index in [2.05, 4.69) is 29.0 Å². The first-order chi connectivity index (χ1) is 6.70. The molecule has 0 aliphatic carbocycles. The van der Waals surface area contributed by atoms with Crippen molar-refractivity contribution in [3.05, 3.63) is 27.7 Å². The lowest BCUT2D eigenvalue weighted by atomic mass is 10.1. The lowest BCUT2D eigenvalue weighted by Crippen LogP contribution is -1.98. The maximum atomic E-state index is 4.23. The van der Waals surface area contributed by atoms with E-state index in [1.807, 2.05) is 17.8 Å². The Morgan fingerprint density at radius 1 is 1.07 bits per heavy atom. The van der Waals surface area contributed by atoms with Crippen LogP contribution in [0.2, 0.25) is 0 Å². The standard InChI is InChI=1S/C10H11N3S/c1-6-7(2)10(13-12-8(6)3)9-4-14-5-11-9/h4-5H,1-3H3. The summed E-state index contributed by atoms with van der Waals surface area (Å²) >= 11 is 1.57. The van der Waals surface area contributed by atoms with Crippen molar-refractivity contribution in [2.45, 2.75) is 20.8 Å². The fourth-order valence-corrected chi connectivity index (χ4v) is 1.83. The van der Waals surface area contributed by atoms with E-state index in [-0.39, 0.29) is 0 Å². The van der Waals surface area contributed by atoms with E-state index in [9.17, 15) is 0 Å². The Hall–Kier alpha value is -1.29. The van der Waals surface area contributed by atoms with Crippen LogP contribution in [0.15, 0.2) is 10.9 Å². The summed E-state index contributed by atoms with van der Waals surface area (Å²) < 4.78 is 0. The Morgan fingerprint density at radius 2 is 1.86 bits per heavy atom. The molecule has 2 aromatic rings. The minimum Gasteiger partial charge on any atom is -0.243 e. The Kier molecular flexibility index (Phi) is 2.29. The highest BCUT2D eigenvalue weighted by molar-refractivity contribution is 7.07. The van der Waals surface area contributed by atoms with Gasteiger partial charge in [-0.1, -0.05) is 0 Å². The van der Waals surface area contributed by atoms with Gasteiger partial charge >= 0.3 is 0 Å². The third-order valence-corrected chi connectivity index (χ3v) is 3.02. The van der Waals surface area contributed by atoms with Gasteiger partial charge in [0.1, 0.15) is 11.4 Å². The molecule has 0 radical (unpaired) electrons. The van der Waals surface area contributed by atoms with Gasteiger partial charge in [-0.2, -0.15) is 5.10 Å². The topological polar surface area (TPSA) is 38.7 Å². The van der Waals surface area contributed by atoms with E-state index in [0.29, 0.717) is 0 Å². The van der Waals surface area contributed by atoms with Gasteiger partial charge in [0, 0.05) is 5.38 Å². The average Bonchev–Trinajstić information content (AvgIpc) is 2.67. The molecule has 0 saturated carbocycles. The van der Waals surface area contributed by atoms with Gasteiger partial charge in [-0.25, -0.2) is 4.98 Å². The second kappa shape index (κ2) is 3.46. The fourth-order valence-electron chi connectivity index (χ4n) is 1.30. The molecule has 0 saturated heterocycles. The van der Waals surface area contributed by atoms with Crippen LogP contribution in [0.4, 0.5) is 0 Å². The molecule has 0 atom stereocenters. The highest BCUT2D eigenvalue weighted by Gasteiger charge is 2.09. The van der Waals surface area contributed by atoms with Crippen LogP contribution in [0.25, 0.3) is 11.4 Å². The Morgan fingerprint density at radius 3 is 2.50 bits per heavy atom. The normalized spacial score (nSPS) is 10.5. The van der Waals surface area contributed by atoms with Crippen molar-refractivity contribution in [3.8, 4) is 11.4 Å². The van der Waals surface area contributed by atoms with Gasteiger partial charge in [-0.3, -0.25) is 0 Å². The molecule has 3 nitrogen and oxygen atoms in total. The predicted molar refractivity (Wildman–Crippen MR) is 57.4 cm³/mol. The zero-order valence-electron chi connectivity index (χ0n) is 8.40. The molecule has 0 aromatic carbocycles. The molecule has 72 valence electrons. The molecule has 0 N–H and O–H groups in total. The molecule has 0 spiro atoms. The maximum absolute atomic E-state index is 4.23. The van der Waals surface area contributed by atoms with Crippen molar-refractivity contribution < 1.29 is 0 Å². The van der Waals surface area contributed by atoms with E-state index in [4.69, 9.17) is 0 Å². The largest absolute Gasteiger partial charge is 0.243 e. The van der Waals surface area contributed by atoms with Crippen molar-refractivity contribution in [3.63, 3.8) is 0 Å². The number of nitrogens with zero attached hydrogens (tertiary/aromatic N) is 3. The minimum atomic E-state index is 0.898. The van der Waals surface area contributed by atoms with Gasteiger partial charge in [0.05, 0.1) is 11.2 Å². The minimum absolute atomic E-state index is 0.898. The number of hydrogen-bond acceptors (Lipinski definition) is 4. The van der Waals surface area contributed by atoms with Crippen LogP contribution in [-0.2, 0) is 0 Å². The van der Waals surface area contributed by atoms with Crippen molar-refractivity contribution >= 4 is 11.3 Å². The second-order valence-corrected chi connectivity index (χ2v) is 3.98. The first-order valence-corrected chi connectivity index (χ1v) is 5.33. The lowest BCUT2D eigenvalue weighted by Gasteiger charge is -2.06. The second-order valence-electron chi connectivity index (χ2n) is 3.26. The fraction of sp³-hybridized carbons (Fsp3) is 0.300. The van der Waals surface area contributed by atoms with Crippen LogP contribution in [-0.4, -0.2) is 15.2 Å². The van der Waals surface area contributed by atoms with Gasteiger partial charge < -0.3 is 0 Å².